The quantitative estimate of drug-likeness (QED) is 0.644. The topological polar surface area (TPSA) is 72.5 Å². The van der Waals surface area contributed by atoms with Gasteiger partial charge < -0.3 is 20.1 Å². The van der Waals surface area contributed by atoms with Crippen LogP contribution >= 0.6 is 0 Å². The summed E-state index contributed by atoms with van der Waals surface area (Å²) in [5.74, 6) is 2.38. The molecule has 0 bridgehead atoms. The summed E-state index contributed by atoms with van der Waals surface area (Å²) in [6.45, 7) is 4.96. The zero-order chi connectivity index (χ0) is 20.2. The lowest BCUT2D eigenvalue weighted by molar-refractivity contribution is 0.0950. The Kier molecular flexibility index (Phi) is 5.33. The normalized spacial score (nSPS) is 12.1. The number of aromatic nitrogens is 1. The van der Waals surface area contributed by atoms with E-state index in [9.17, 15) is 4.79 Å². The summed E-state index contributed by atoms with van der Waals surface area (Å²) >= 11 is 0. The molecule has 0 fully saturated rings. The van der Waals surface area contributed by atoms with Crippen LogP contribution in [0.5, 0.6) is 11.5 Å². The molecule has 3 aromatic rings. The lowest BCUT2D eigenvalue weighted by Crippen LogP contribution is -2.22. The standard InChI is InChI=1S/C23H23N3O3/c1-15(2)17-4-6-19(7-5-17)26-22-12-18(9-10-24-22)23(27)25-13-16-3-8-20-21(11-16)29-14-28-20/h3-12,15H,13-14H2,1-2H3,(H,24,26)(H,25,27). The van der Waals surface area contributed by atoms with E-state index >= 15 is 0 Å². The Hall–Kier alpha value is -3.54. The van der Waals surface area contributed by atoms with Gasteiger partial charge in [-0.15, -0.1) is 0 Å². The minimum atomic E-state index is -0.164. The van der Waals surface area contributed by atoms with Crippen LogP contribution in [0.3, 0.4) is 0 Å². The molecule has 6 heteroatoms. The van der Waals surface area contributed by atoms with E-state index in [1.54, 1.807) is 18.3 Å². The Morgan fingerprint density at radius 2 is 1.83 bits per heavy atom. The fourth-order valence-electron chi connectivity index (χ4n) is 3.07. The average molecular weight is 389 g/mol. The summed E-state index contributed by atoms with van der Waals surface area (Å²) in [7, 11) is 0. The predicted molar refractivity (Wildman–Crippen MR) is 112 cm³/mol. The summed E-state index contributed by atoms with van der Waals surface area (Å²) in [6.07, 6.45) is 1.63. The van der Waals surface area contributed by atoms with Crippen molar-refractivity contribution in [1.82, 2.24) is 10.3 Å². The van der Waals surface area contributed by atoms with Crippen LogP contribution in [-0.4, -0.2) is 17.7 Å². The van der Waals surface area contributed by atoms with Crippen molar-refractivity contribution in [2.45, 2.75) is 26.3 Å². The highest BCUT2D eigenvalue weighted by atomic mass is 16.7. The second kappa shape index (κ2) is 8.22. The van der Waals surface area contributed by atoms with Gasteiger partial charge in [-0.2, -0.15) is 0 Å². The molecule has 0 aliphatic carbocycles. The number of hydrogen-bond donors (Lipinski definition) is 2. The van der Waals surface area contributed by atoms with Crippen molar-refractivity contribution < 1.29 is 14.3 Å². The van der Waals surface area contributed by atoms with E-state index in [4.69, 9.17) is 9.47 Å². The smallest absolute Gasteiger partial charge is 0.251 e. The molecule has 2 N–H and O–H groups in total. The van der Waals surface area contributed by atoms with Crippen molar-refractivity contribution in [2.75, 3.05) is 12.1 Å². The molecule has 1 amide bonds. The Morgan fingerprint density at radius 1 is 1.03 bits per heavy atom. The van der Waals surface area contributed by atoms with Crippen molar-refractivity contribution in [3.63, 3.8) is 0 Å². The first-order valence-electron chi connectivity index (χ1n) is 9.58. The molecule has 6 nitrogen and oxygen atoms in total. The number of amides is 1. The van der Waals surface area contributed by atoms with Crippen LogP contribution in [0, 0.1) is 0 Å². The summed E-state index contributed by atoms with van der Waals surface area (Å²) in [6, 6.07) is 17.3. The van der Waals surface area contributed by atoms with Gasteiger partial charge >= 0.3 is 0 Å². The van der Waals surface area contributed by atoms with Gasteiger partial charge in [0, 0.05) is 24.0 Å². The number of hydrogen-bond acceptors (Lipinski definition) is 5. The number of carbonyl (C=O) groups excluding carboxylic acids is 1. The minimum Gasteiger partial charge on any atom is -0.454 e. The Bertz CT molecular complexity index is 1020. The van der Waals surface area contributed by atoms with Crippen molar-refractivity contribution in [1.29, 1.82) is 0 Å². The second-order valence-electron chi connectivity index (χ2n) is 7.20. The third-order valence-electron chi connectivity index (χ3n) is 4.76. The highest BCUT2D eigenvalue weighted by Gasteiger charge is 2.14. The molecule has 0 atom stereocenters. The van der Waals surface area contributed by atoms with E-state index in [0.717, 1.165) is 17.0 Å². The number of fused-ring (bicyclic) bond motifs is 1. The highest BCUT2D eigenvalue weighted by molar-refractivity contribution is 5.94. The maximum Gasteiger partial charge on any atom is 0.251 e. The molecule has 0 saturated carbocycles. The van der Waals surface area contributed by atoms with E-state index in [-0.39, 0.29) is 12.7 Å². The monoisotopic (exact) mass is 389 g/mol. The third-order valence-corrected chi connectivity index (χ3v) is 4.76. The predicted octanol–water partition coefficient (Wildman–Crippen LogP) is 4.61. The molecule has 0 saturated heterocycles. The van der Waals surface area contributed by atoms with Gasteiger partial charge in [-0.05, 0) is 53.4 Å². The van der Waals surface area contributed by atoms with Gasteiger partial charge in [0.05, 0.1) is 0 Å². The molecule has 0 radical (unpaired) electrons. The molecule has 1 aliphatic heterocycles. The van der Waals surface area contributed by atoms with Gasteiger partial charge in [0.25, 0.3) is 5.91 Å². The van der Waals surface area contributed by atoms with E-state index < -0.39 is 0 Å². The maximum atomic E-state index is 12.6. The fourth-order valence-corrected chi connectivity index (χ4v) is 3.07. The Balaban J connectivity index is 1.39. The van der Waals surface area contributed by atoms with E-state index in [0.29, 0.717) is 29.6 Å². The highest BCUT2D eigenvalue weighted by Crippen LogP contribution is 2.32. The summed E-state index contributed by atoms with van der Waals surface area (Å²) in [4.78, 5) is 16.9. The average Bonchev–Trinajstić information content (AvgIpc) is 3.20. The Morgan fingerprint density at radius 3 is 2.62 bits per heavy atom. The molecule has 2 heterocycles. The van der Waals surface area contributed by atoms with Gasteiger partial charge in [-0.25, -0.2) is 4.98 Å². The summed E-state index contributed by atoms with van der Waals surface area (Å²) < 4.78 is 10.7. The summed E-state index contributed by atoms with van der Waals surface area (Å²) in [5.41, 5.74) is 3.70. The van der Waals surface area contributed by atoms with Crippen molar-refractivity contribution >= 4 is 17.4 Å². The molecule has 4 rings (SSSR count). The molecule has 0 unspecified atom stereocenters. The third kappa shape index (κ3) is 4.48. The van der Waals surface area contributed by atoms with E-state index in [1.165, 1.54) is 5.56 Å². The first-order chi connectivity index (χ1) is 14.1. The van der Waals surface area contributed by atoms with Crippen molar-refractivity contribution in [3.8, 4) is 11.5 Å². The molecule has 1 aromatic heterocycles. The number of anilines is 2. The van der Waals surface area contributed by atoms with Crippen LogP contribution in [-0.2, 0) is 6.54 Å². The second-order valence-corrected chi connectivity index (χ2v) is 7.20. The lowest BCUT2D eigenvalue weighted by atomic mass is 10.0. The molecular weight excluding hydrogens is 366 g/mol. The zero-order valence-corrected chi connectivity index (χ0v) is 16.4. The largest absolute Gasteiger partial charge is 0.454 e. The fraction of sp³-hybridized carbons (Fsp3) is 0.217. The number of rotatable bonds is 6. The van der Waals surface area contributed by atoms with Gasteiger partial charge in [-0.3, -0.25) is 4.79 Å². The minimum absolute atomic E-state index is 0.164. The van der Waals surface area contributed by atoms with Crippen molar-refractivity contribution in [2.24, 2.45) is 0 Å². The SMILES string of the molecule is CC(C)c1ccc(Nc2cc(C(=O)NCc3ccc4c(c3)OCO4)ccn2)cc1. The lowest BCUT2D eigenvalue weighted by Gasteiger charge is -2.10. The Labute approximate surface area is 169 Å². The number of pyridine rings is 1. The van der Waals surface area contributed by atoms with Crippen LogP contribution < -0.4 is 20.1 Å². The number of carbonyl (C=O) groups is 1. The molecule has 1 aliphatic rings. The van der Waals surface area contributed by atoms with Crippen LogP contribution in [0.25, 0.3) is 0 Å². The first kappa shape index (κ1) is 18.8. The van der Waals surface area contributed by atoms with E-state index in [1.807, 2.05) is 30.3 Å². The van der Waals surface area contributed by atoms with Gasteiger partial charge in [0.2, 0.25) is 6.79 Å². The number of nitrogens with one attached hydrogen (secondary N) is 2. The number of ether oxygens (including phenoxy) is 2. The van der Waals surface area contributed by atoms with Crippen molar-refractivity contribution in [3.05, 3.63) is 77.5 Å². The van der Waals surface area contributed by atoms with Gasteiger partial charge in [0.15, 0.2) is 11.5 Å². The number of nitrogens with zero attached hydrogens (tertiary/aromatic N) is 1. The van der Waals surface area contributed by atoms with Crippen LogP contribution in [0.15, 0.2) is 60.8 Å². The number of benzene rings is 2. The van der Waals surface area contributed by atoms with Crippen LogP contribution in [0.2, 0.25) is 0 Å². The molecule has 29 heavy (non-hydrogen) atoms. The van der Waals surface area contributed by atoms with Crippen LogP contribution in [0.4, 0.5) is 11.5 Å². The summed E-state index contributed by atoms with van der Waals surface area (Å²) in [5, 5.41) is 6.17. The maximum absolute atomic E-state index is 12.6. The molecule has 0 spiro atoms. The molecule has 148 valence electrons. The first-order valence-corrected chi connectivity index (χ1v) is 9.58. The zero-order valence-electron chi connectivity index (χ0n) is 16.4. The molecule has 2 aromatic carbocycles. The van der Waals surface area contributed by atoms with E-state index in [2.05, 4.69) is 41.6 Å². The van der Waals surface area contributed by atoms with Crippen LogP contribution in [0.1, 0.15) is 41.3 Å². The molecular formula is C23H23N3O3. The van der Waals surface area contributed by atoms with Gasteiger partial charge in [-0.1, -0.05) is 32.0 Å². The van der Waals surface area contributed by atoms with Gasteiger partial charge in [0.1, 0.15) is 5.82 Å².